The fraction of sp³-hybridized carbons (Fsp3) is 0.875. The summed E-state index contributed by atoms with van der Waals surface area (Å²) < 4.78 is 0.635. The Kier molecular flexibility index (Phi) is 4.23. The highest BCUT2D eigenvalue weighted by atomic mass is 32.1. The zero-order chi connectivity index (χ0) is 8.10. The van der Waals surface area contributed by atoms with Crippen LogP contribution in [0.4, 0.5) is 0 Å². The Morgan fingerprint density at radius 1 is 1.36 bits per heavy atom. The average Bonchev–Trinajstić information content (AvgIpc) is 2.03. The molecular formula is C8H15NS2. The highest BCUT2D eigenvalue weighted by Gasteiger charge is 2.12. The van der Waals surface area contributed by atoms with Crippen LogP contribution in [-0.2, 0) is 0 Å². The Hall–Kier alpha value is 0.240. The molecular weight excluding hydrogens is 174 g/mol. The molecule has 0 bridgehead atoms. The zero-order valence-corrected chi connectivity index (χ0v) is 8.39. The molecule has 0 aromatic rings. The van der Waals surface area contributed by atoms with E-state index in [0.717, 1.165) is 12.5 Å². The molecule has 0 unspecified atom stereocenters. The molecule has 1 N–H and O–H groups in total. The van der Waals surface area contributed by atoms with Gasteiger partial charge in [-0.05, 0) is 18.8 Å². The normalized spacial score (nSPS) is 19.7. The van der Waals surface area contributed by atoms with Crippen LogP contribution in [0.5, 0.6) is 0 Å². The van der Waals surface area contributed by atoms with Gasteiger partial charge in [0.15, 0.2) is 0 Å². The van der Waals surface area contributed by atoms with E-state index in [4.69, 9.17) is 12.2 Å². The Bertz CT molecular complexity index is 130. The molecule has 0 amide bonds. The first-order valence-electron chi connectivity index (χ1n) is 4.26. The van der Waals surface area contributed by atoms with Crippen LogP contribution in [0.25, 0.3) is 0 Å². The molecule has 0 aliphatic heterocycles. The van der Waals surface area contributed by atoms with Gasteiger partial charge in [-0.2, -0.15) is 0 Å². The lowest BCUT2D eigenvalue weighted by Gasteiger charge is -2.21. The summed E-state index contributed by atoms with van der Waals surface area (Å²) in [5, 5.41) is 3.11. The van der Waals surface area contributed by atoms with E-state index < -0.39 is 0 Å². The van der Waals surface area contributed by atoms with Gasteiger partial charge in [-0.15, -0.1) is 12.6 Å². The smallest absolute Gasteiger partial charge is 0.130 e. The highest BCUT2D eigenvalue weighted by Crippen LogP contribution is 2.22. The third-order valence-electron chi connectivity index (χ3n) is 2.27. The van der Waals surface area contributed by atoms with Crippen LogP contribution in [0.1, 0.15) is 32.1 Å². The third-order valence-corrected chi connectivity index (χ3v) is 2.57. The maximum absolute atomic E-state index is 4.82. The molecule has 1 fully saturated rings. The molecule has 1 aliphatic carbocycles. The standard InChI is InChI=1S/C8H15NS2/c10-8(11)9-6-7-4-2-1-3-5-7/h7H,1-6H2,(H2,9,10,11). The van der Waals surface area contributed by atoms with Crippen molar-refractivity contribution in [3.63, 3.8) is 0 Å². The average molecular weight is 189 g/mol. The SMILES string of the molecule is S=C(S)NCC1CCCCC1. The summed E-state index contributed by atoms with van der Waals surface area (Å²) in [6.45, 7) is 1.03. The summed E-state index contributed by atoms with van der Waals surface area (Å²) in [4.78, 5) is 0. The minimum atomic E-state index is 0.635. The van der Waals surface area contributed by atoms with Crippen molar-refractivity contribution in [1.29, 1.82) is 0 Å². The van der Waals surface area contributed by atoms with Gasteiger partial charge in [-0.3, -0.25) is 0 Å². The number of thiol groups is 1. The summed E-state index contributed by atoms with van der Waals surface area (Å²) in [5.41, 5.74) is 0. The Morgan fingerprint density at radius 2 is 2.00 bits per heavy atom. The third kappa shape index (κ3) is 3.97. The minimum Gasteiger partial charge on any atom is -0.371 e. The van der Waals surface area contributed by atoms with Crippen molar-refractivity contribution in [2.24, 2.45) is 5.92 Å². The van der Waals surface area contributed by atoms with Gasteiger partial charge in [0.25, 0.3) is 0 Å². The van der Waals surface area contributed by atoms with Gasteiger partial charge in [0, 0.05) is 6.54 Å². The van der Waals surface area contributed by atoms with Crippen molar-refractivity contribution in [1.82, 2.24) is 5.32 Å². The lowest BCUT2D eigenvalue weighted by molar-refractivity contribution is 0.358. The van der Waals surface area contributed by atoms with Gasteiger partial charge in [-0.1, -0.05) is 31.5 Å². The zero-order valence-electron chi connectivity index (χ0n) is 6.68. The Labute approximate surface area is 79.4 Å². The van der Waals surface area contributed by atoms with Gasteiger partial charge >= 0.3 is 0 Å². The summed E-state index contributed by atoms with van der Waals surface area (Å²) in [6, 6.07) is 0. The van der Waals surface area contributed by atoms with Crippen molar-refractivity contribution >= 4 is 29.2 Å². The maximum atomic E-state index is 4.82. The van der Waals surface area contributed by atoms with Gasteiger partial charge in [-0.25, -0.2) is 0 Å². The van der Waals surface area contributed by atoms with E-state index in [0.29, 0.717) is 4.32 Å². The molecule has 1 aliphatic rings. The number of hydrogen-bond donors (Lipinski definition) is 2. The molecule has 1 saturated carbocycles. The van der Waals surface area contributed by atoms with Gasteiger partial charge < -0.3 is 5.32 Å². The fourth-order valence-electron chi connectivity index (χ4n) is 1.62. The predicted octanol–water partition coefficient (Wildman–Crippen LogP) is 2.37. The summed E-state index contributed by atoms with van der Waals surface area (Å²) in [6.07, 6.45) is 6.94. The van der Waals surface area contributed by atoms with E-state index >= 15 is 0 Å². The molecule has 0 aromatic heterocycles. The van der Waals surface area contributed by atoms with Crippen LogP contribution in [0, 0.1) is 5.92 Å². The number of thiocarbonyl (C=S) groups is 1. The second-order valence-corrected chi connectivity index (χ2v) is 4.35. The van der Waals surface area contributed by atoms with Crippen LogP contribution in [0.2, 0.25) is 0 Å². The summed E-state index contributed by atoms with van der Waals surface area (Å²) >= 11 is 8.84. The van der Waals surface area contributed by atoms with Crippen molar-refractivity contribution < 1.29 is 0 Å². The van der Waals surface area contributed by atoms with Crippen LogP contribution in [0.15, 0.2) is 0 Å². The maximum Gasteiger partial charge on any atom is 0.130 e. The van der Waals surface area contributed by atoms with E-state index in [2.05, 4.69) is 17.9 Å². The van der Waals surface area contributed by atoms with Crippen molar-refractivity contribution in [2.45, 2.75) is 32.1 Å². The van der Waals surface area contributed by atoms with Crippen LogP contribution in [0.3, 0.4) is 0 Å². The lowest BCUT2D eigenvalue weighted by Crippen LogP contribution is -2.25. The number of hydrogen-bond acceptors (Lipinski definition) is 1. The first-order chi connectivity index (χ1) is 5.29. The molecule has 0 atom stereocenters. The highest BCUT2D eigenvalue weighted by molar-refractivity contribution is 8.11. The lowest BCUT2D eigenvalue weighted by atomic mass is 9.89. The number of rotatable bonds is 2. The molecule has 3 heteroatoms. The Morgan fingerprint density at radius 3 is 2.55 bits per heavy atom. The second-order valence-electron chi connectivity index (χ2n) is 3.19. The van der Waals surface area contributed by atoms with E-state index in [-0.39, 0.29) is 0 Å². The quantitative estimate of drug-likeness (QED) is 0.511. The molecule has 64 valence electrons. The van der Waals surface area contributed by atoms with Gasteiger partial charge in [0.2, 0.25) is 0 Å². The van der Waals surface area contributed by atoms with E-state index in [1.807, 2.05) is 0 Å². The first kappa shape index (κ1) is 9.33. The topological polar surface area (TPSA) is 12.0 Å². The summed E-state index contributed by atoms with van der Waals surface area (Å²) in [7, 11) is 0. The van der Waals surface area contributed by atoms with E-state index in [1.165, 1.54) is 32.1 Å². The fourth-order valence-corrected chi connectivity index (χ4v) is 1.80. The largest absolute Gasteiger partial charge is 0.371 e. The van der Waals surface area contributed by atoms with Crippen molar-refractivity contribution in [2.75, 3.05) is 6.54 Å². The monoisotopic (exact) mass is 189 g/mol. The molecule has 0 spiro atoms. The van der Waals surface area contributed by atoms with Crippen LogP contribution < -0.4 is 5.32 Å². The van der Waals surface area contributed by atoms with E-state index in [1.54, 1.807) is 0 Å². The van der Waals surface area contributed by atoms with Crippen molar-refractivity contribution in [3.05, 3.63) is 0 Å². The Balaban J connectivity index is 2.09. The van der Waals surface area contributed by atoms with Gasteiger partial charge in [0.05, 0.1) is 0 Å². The molecule has 11 heavy (non-hydrogen) atoms. The van der Waals surface area contributed by atoms with Gasteiger partial charge in [0.1, 0.15) is 4.32 Å². The number of nitrogens with one attached hydrogen (secondary N) is 1. The molecule has 0 aromatic carbocycles. The summed E-state index contributed by atoms with van der Waals surface area (Å²) in [5.74, 6) is 0.842. The molecule has 0 heterocycles. The first-order valence-corrected chi connectivity index (χ1v) is 5.11. The van der Waals surface area contributed by atoms with Crippen LogP contribution in [-0.4, -0.2) is 10.9 Å². The molecule has 1 rings (SSSR count). The second kappa shape index (κ2) is 4.99. The van der Waals surface area contributed by atoms with Crippen molar-refractivity contribution in [3.8, 4) is 0 Å². The predicted molar refractivity (Wildman–Crippen MR) is 56.2 cm³/mol. The van der Waals surface area contributed by atoms with Crippen LogP contribution >= 0.6 is 24.8 Å². The molecule has 1 nitrogen and oxygen atoms in total. The molecule has 0 saturated heterocycles. The minimum absolute atomic E-state index is 0.635. The van der Waals surface area contributed by atoms with E-state index in [9.17, 15) is 0 Å². The molecule has 0 radical (unpaired) electrons.